The standard InChI is InChI=1S/C6H10F2N/c1-9(2)4-5-3-6(5,7)8/h3-4H2,1-2H3. The Morgan fingerprint density at radius 3 is 2.11 bits per heavy atom. The van der Waals surface area contributed by atoms with Gasteiger partial charge >= 0.3 is 0 Å². The van der Waals surface area contributed by atoms with Gasteiger partial charge in [-0.25, -0.2) is 8.78 Å². The molecule has 0 amide bonds. The van der Waals surface area contributed by atoms with E-state index in [-0.39, 0.29) is 6.42 Å². The van der Waals surface area contributed by atoms with Crippen LogP contribution in [0.1, 0.15) is 6.42 Å². The monoisotopic (exact) mass is 134 g/mol. The van der Waals surface area contributed by atoms with Gasteiger partial charge in [-0.1, -0.05) is 0 Å². The molecular formula is C6H10F2N. The maximum Gasteiger partial charge on any atom is 0.256 e. The van der Waals surface area contributed by atoms with Crippen LogP contribution < -0.4 is 0 Å². The molecule has 0 aliphatic heterocycles. The summed E-state index contributed by atoms with van der Waals surface area (Å²) in [4.78, 5) is 1.76. The van der Waals surface area contributed by atoms with E-state index in [9.17, 15) is 8.78 Å². The summed E-state index contributed by atoms with van der Waals surface area (Å²) in [5.74, 6) is -2.06. The molecule has 9 heavy (non-hydrogen) atoms. The Morgan fingerprint density at radius 2 is 2.00 bits per heavy atom. The lowest BCUT2D eigenvalue weighted by molar-refractivity contribution is 0.123. The van der Waals surface area contributed by atoms with Crippen molar-refractivity contribution in [2.24, 2.45) is 0 Å². The van der Waals surface area contributed by atoms with Gasteiger partial charge in [0, 0.05) is 13.0 Å². The molecule has 0 atom stereocenters. The van der Waals surface area contributed by atoms with Crippen LogP contribution in [-0.2, 0) is 0 Å². The molecule has 0 aromatic carbocycles. The fraction of sp³-hybridized carbons (Fsp3) is 0.833. The van der Waals surface area contributed by atoms with Crippen molar-refractivity contribution in [2.45, 2.75) is 12.3 Å². The lowest BCUT2D eigenvalue weighted by Crippen LogP contribution is -2.16. The van der Waals surface area contributed by atoms with Crippen LogP contribution in [0.4, 0.5) is 8.78 Å². The van der Waals surface area contributed by atoms with Crippen LogP contribution in [0.2, 0.25) is 0 Å². The molecule has 0 bridgehead atoms. The Bertz CT molecular complexity index is 112. The zero-order valence-electron chi connectivity index (χ0n) is 5.62. The highest BCUT2D eigenvalue weighted by molar-refractivity contribution is 5.23. The summed E-state index contributed by atoms with van der Waals surface area (Å²) in [5, 5.41) is 0. The van der Waals surface area contributed by atoms with E-state index in [0.29, 0.717) is 12.5 Å². The number of halogens is 2. The van der Waals surface area contributed by atoms with Crippen molar-refractivity contribution in [1.82, 2.24) is 4.90 Å². The summed E-state index contributed by atoms with van der Waals surface area (Å²) in [6, 6.07) is 0. The van der Waals surface area contributed by atoms with Gasteiger partial charge in [0.2, 0.25) is 0 Å². The lowest BCUT2D eigenvalue weighted by Gasteiger charge is -2.06. The van der Waals surface area contributed by atoms with Crippen molar-refractivity contribution in [3.8, 4) is 0 Å². The largest absolute Gasteiger partial charge is 0.309 e. The fourth-order valence-corrected chi connectivity index (χ4v) is 0.777. The maximum absolute atomic E-state index is 12.1. The molecule has 1 nitrogen and oxygen atoms in total. The van der Waals surface area contributed by atoms with Gasteiger partial charge in [0.1, 0.15) is 0 Å². The van der Waals surface area contributed by atoms with Gasteiger partial charge in [0.25, 0.3) is 5.92 Å². The molecule has 0 aromatic heterocycles. The molecule has 3 heteroatoms. The molecule has 53 valence electrons. The second kappa shape index (κ2) is 1.90. The zero-order valence-corrected chi connectivity index (χ0v) is 5.62. The summed E-state index contributed by atoms with van der Waals surface area (Å²) in [7, 11) is 3.59. The molecule has 1 rings (SSSR count). The normalized spacial score (nSPS) is 25.0. The Kier molecular flexibility index (Phi) is 1.47. The van der Waals surface area contributed by atoms with Gasteiger partial charge in [0.15, 0.2) is 0 Å². The molecule has 0 spiro atoms. The molecule has 0 aromatic rings. The average molecular weight is 134 g/mol. The van der Waals surface area contributed by atoms with Gasteiger partial charge in [-0.2, -0.15) is 0 Å². The van der Waals surface area contributed by atoms with E-state index in [1.165, 1.54) is 0 Å². The van der Waals surface area contributed by atoms with Crippen LogP contribution >= 0.6 is 0 Å². The maximum atomic E-state index is 12.1. The number of alkyl halides is 2. The van der Waals surface area contributed by atoms with Crippen molar-refractivity contribution in [2.75, 3.05) is 20.6 Å². The summed E-state index contributed by atoms with van der Waals surface area (Å²) >= 11 is 0. The molecule has 1 radical (unpaired) electrons. The fourth-order valence-electron chi connectivity index (χ4n) is 0.777. The van der Waals surface area contributed by atoms with Crippen LogP contribution in [0.15, 0.2) is 0 Å². The van der Waals surface area contributed by atoms with E-state index < -0.39 is 5.92 Å². The molecule has 0 saturated heterocycles. The molecule has 0 heterocycles. The summed E-state index contributed by atoms with van der Waals surface area (Å²) in [6.07, 6.45) is 0.00514. The predicted molar refractivity (Wildman–Crippen MR) is 31.4 cm³/mol. The molecular weight excluding hydrogens is 124 g/mol. The highest BCUT2D eigenvalue weighted by Gasteiger charge is 2.57. The average Bonchev–Trinajstić information content (AvgIpc) is 2.10. The van der Waals surface area contributed by atoms with Gasteiger partial charge in [-0.15, -0.1) is 0 Å². The van der Waals surface area contributed by atoms with Gasteiger partial charge in [0.05, 0.1) is 5.92 Å². The van der Waals surface area contributed by atoms with E-state index in [0.717, 1.165) is 0 Å². The smallest absolute Gasteiger partial charge is 0.256 e. The van der Waals surface area contributed by atoms with Crippen molar-refractivity contribution < 1.29 is 8.78 Å². The third-order valence-electron chi connectivity index (χ3n) is 1.33. The SMILES string of the molecule is CN(C)C[C]1CC1(F)F. The minimum absolute atomic E-state index is 0.00514. The van der Waals surface area contributed by atoms with E-state index >= 15 is 0 Å². The Labute approximate surface area is 53.6 Å². The van der Waals surface area contributed by atoms with Crippen LogP contribution in [0.5, 0.6) is 0 Å². The number of rotatable bonds is 2. The summed E-state index contributed by atoms with van der Waals surface area (Å²) in [5.41, 5.74) is 0. The van der Waals surface area contributed by atoms with E-state index in [2.05, 4.69) is 0 Å². The topological polar surface area (TPSA) is 3.24 Å². The number of hydrogen-bond donors (Lipinski definition) is 0. The number of hydrogen-bond acceptors (Lipinski definition) is 1. The zero-order chi connectivity index (χ0) is 7.07. The first-order valence-corrected chi connectivity index (χ1v) is 2.90. The summed E-state index contributed by atoms with van der Waals surface area (Å²) in [6.45, 7) is 0.438. The van der Waals surface area contributed by atoms with Crippen molar-refractivity contribution in [3.63, 3.8) is 0 Å². The highest BCUT2D eigenvalue weighted by Crippen LogP contribution is 2.50. The second-order valence-corrected chi connectivity index (χ2v) is 2.72. The van der Waals surface area contributed by atoms with E-state index in [4.69, 9.17) is 0 Å². The quantitative estimate of drug-likeness (QED) is 0.547. The van der Waals surface area contributed by atoms with Crippen molar-refractivity contribution >= 4 is 0 Å². The first-order valence-electron chi connectivity index (χ1n) is 2.90. The molecule has 1 fully saturated rings. The van der Waals surface area contributed by atoms with E-state index in [1.54, 1.807) is 19.0 Å². The van der Waals surface area contributed by atoms with E-state index in [1.807, 2.05) is 0 Å². The first-order chi connectivity index (χ1) is 4.02. The third-order valence-corrected chi connectivity index (χ3v) is 1.33. The van der Waals surface area contributed by atoms with Crippen LogP contribution in [0.25, 0.3) is 0 Å². The summed E-state index contributed by atoms with van der Waals surface area (Å²) < 4.78 is 24.2. The van der Waals surface area contributed by atoms with Gasteiger partial charge in [-0.3, -0.25) is 0 Å². The second-order valence-electron chi connectivity index (χ2n) is 2.72. The predicted octanol–water partition coefficient (Wildman–Crippen LogP) is 1.16. The van der Waals surface area contributed by atoms with Crippen LogP contribution in [0.3, 0.4) is 0 Å². The molecule has 0 N–H and O–H groups in total. The minimum Gasteiger partial charge on any atom is -0.309 e. The van der Waals surface area contributed by atoms with Crippen LogP contribution in [-0.4, -0.2) is 31.5 Å². The van der Waals surface area contributed by atoms with Crippen molar-refractivity contribution in [1.29, 1.82) is 0 Å². The molecule has 1 saturated carbocycles. The first kappa shape index (κ1) is 6.93. The van der Waals surface area contributed by atoms with Gasteiger partial charge < -0.3 is 4.90 Å². The van der Waals surface area contributed by atoms with Gasteiger partial charge in [-0.05, 0) is 14.1 Å². The lowest BCUT2D eigenvalue weighted by atomic mass is 10.4. The van der Waals surface area contributed by atoms with Crippen LogP contribution in [0, 0.1) is 5.92 Å². The Hall–Kier alpha value is -0.180. The highest BCUT2D eigenvalue weighted by atomic mass is 19.3. The van der Waals surface area contributed by atoms with Crippen molar-refractivity contribution in [3.05, 3.63) is 5.92 Å². The number of nitrogens with zero attached hydrogens (tertiary/aromatic N) is 1. The Balaban J connectivity index is 2.20. The molecule has 1 aliphatic rings. The third kappa shape index (κ3) is 1.61. The molecule has 0 unspecified atom stereocenters. The minimum atomic E-state index is -2.43. The molecule has 1 aliphatic carbocycles. The Morgan fingerprint density at radius 1 is 1.56 bits per heavy atom.